The summed E-state index contributed by atoms with van der Waals surface area (Å²) in [4.78, 5) is 17.6. The molecular weight excluding hydrogens is 340 g/mol. The number of hydrogen-bond donors (Lipinski definition) is 1. The maximum Gasteiger partial charge on any atom is 0.237 e. The molecule has 0 bridgehead atoms. The Morgan fingerprint density at radius 1 is 1.52 bits per heavy atom. The van der Waals surface area contributed by atoms with Gasteiger partial charge >= 0.3 is 0 Å². The molecule has 136 valence electrons. The second-order valence-corrected chi connectivity index (χ2v) is 7.39. The number of aliphatic hydroxyl groups is 1. The summed E-state index contributed by atoms with van der Waals surface area (Å²) in [5.74, 6) is 0.476. The van der Waals surface area contributed by atoms with E-state index in [2.05, 4.69) is 10.0 Å². The Balaban J connectivity index is 2.30. The second kappa shape index (κ2) is 8.58. The zero-order valence-electron chi connectivity index (χ0n) is 14.7. The lowest BCUT2D eigenvalue weighted by Gasteiger charge is -2.36. The van der Waals surface area contributed by atoms with Gasteiger partial charge in [0.15, 0.2) is 0 Å². The minimum Gasteiger partial charge on any atom is -0.387 e. The van der Waals surface area contributed by atoms with Gasteiger partial charge in [0.1, 0.15) is 11.8 Å². The van der Waals surface area contributed by atoms with E-state index in [1.54, 1.807) is 40.9 Å². The highest BCUT2D eigenvalue weighted by molar-refractivity contribution is 7.98. The number of azide groups is 1. The van der Waals surface area contributed by atoms with Crippen LogP contribution in [-0.4, -0.2) is 52.3 Å². The van der Waals surface area contributed by atoms with E-state index >= 15 is 0 Å². The molecule has 1 aromatic rings. The van der Waals surface area contributed by atoms with E-state index in [0.717, 1.165) is 12.2 Å². The van der Waals surface area contributed by atoms with Crippen molar-refractivity contribution in [1.82, 2.24) is 4.90 Å². The van der Waals surface area contributed by atoms with E-state index in [9.17, 15) is 9.90 Å². The predicted molar refractivity (Wildman–Crippen MR) is 98.0 cm³/mol. The van der Waals surface area contributed by atoms with E-state index in [0.29, 0.717) is 12.2 Å². The molecule has 1 saturated heterocycles. The van der Waals surface area contributed by atoms with Crippen molar-refractivity contribution in [2.24, 2.45) is 5.11 Å². The van der Waals surface area contributed by atoms with Crippen molar-refractivity contribution >= 4 is 17.7 Å². The van der Waals surface area contributed by atoms with Crippen LogP contribution in [0.4, 0.5) is 0 Å². The average molecular weight is 364 g/mol. The van der Waals surface area contributed by atoms with Crippen molar-refractivity contribution in [3.05, 3.63) is 46.3 Å². The van der Waals surface area contributed by atoms with Crippen LogP contribution in [0.2, 0.25) is 0 Å². The summed E-state index contributed by atoms with van der Waals surface area (Å²) in [6.07, 6.45) is 1.58. The van der Waals surface area contributed by atoms with Gasteiger partial charge in [-0.15, -0.1) is 0 Å². The van der Waals surface area contributed by atoms with Gasteiger partial charge in [0.05, 0.1) is 18.8 Å². The molecule has 1 amide bonds. The number of thioether (sulfide) groups is 1. The number of hydrogen-bond acceptors (Lipinski definition) is 5. The molecule has 0 aliphatic carbocycles. The van der Waals surface area contributed by atoms with Crippen molar-refractivity contribution in [3.63, 3.8) is 0 Å². The number of nitrogens with zero attached hydrogens (tertiary/aromatic N) is 4. The molecule has 0 aromatic heterocycles. The summed E-state index contributed by atoms with van der Waals surface area (Å²) >= 11 is 1.70. The fourth-order valence-corrected chi connectivity index (χ4v) is 3.58. The molecule has 3 atom stereocenters. The largest absolute Gasteiger partial charge is 0.387 e. The first-order valence-electron chi connectivity index (χ1n) is 8.15. The summed E-state index contributed by atoms with van der Waals surface area (Å²) < 4.78 is 5.78. The molecule has 1 aliphatic heterocycles. The molecule has 8 heteroatoms. The summed E-state index contributed by atoms with van der Waals surface area (Å²) in [6.45, 7) is 4.06. The van der Waals surface area contributed by atoms with Crippen molar-refractivity contribution in [1.29, 1.82) is 0 Å². The smallest absolute Gasteiger partial charge is 0.237 e. The third-order valence-corrected chi connectivity index (χ3v) is 4.98. The highest BCUT2D eigenvalue weighted by Crippen LogP contribution is 2.33. The summed E-state index contributed by atoms with van der Waals surface area (Å²) in [5.41, 5.74) is 8.63. The van der Waals surface area contributed by atoms with Gasteiger partial charge in [0.25, 0.3) is 0 Å². The Hall–Kier alpha value is -1.73. The maximum atomic E-state index is 13.2. The van der Waals surface area contributed by atoms with Gasteiger partial charge in [-0.1, -0.05) is 35.4 Å². The van der Waals surface area contributed by atoms with Crippen molar-refractivity contribution < 1.29 is 14.6 Å². The van der Waals surface area contributed by atoms with Gasteiger partial charge in [-0.2, -0.15) is 11.8 Å². The fourth-order valence-electron chi connectivity index (χ4n) is 3.07. The van der Waals surface area contributed by atoms with Gasteiger partial charge < -0.3 is 14.7 Å². The third kappa shape index (κ3) is 4.46. The lowest BCUT2D eigenvalue weighted by Crippen LogP contribution is -2.52. The number of amides is 1. The maximum absolute atomic E-state index is 13.2. The fraction of sp³-hybridized carbons (Fsp3) is 0.588. The highest BCUT2D eigenvalue weighted by Gasteiger charge is 2.46. The van der Waals surface area contributed by atoms with Crippen molar-refractivity contribution in [2.45, 2.75) is 44.2 Å². The van der Waals surface area contributed by atoms with Crippen LogP contribution in [0.3, 0.4) is 0 Å². The summed E-state index contributed by atoms with van der Waals surface area (Å²) in [6, 6.07) is 7.42. The molecular formula is C17H24N4O3S. The number of benzene rings is 1. The first-order valence-corrected chi connectivity index (χ1v) is 9.55. The molecule has 1 heterocycles. The van der Waals surface area contributed by atoms with Gasteiger partial charge in [-0.05, 0) is 43.4 Å². The molecule has 1 aliphatic rings. The Kier molecular flexibility index (Phi) is 6.72. The third-order valence-electron chi connectivity index (χ3n) is 4.34. The average Bonchev–Trinajstić information content (AvgIpc) is 2.91. The van der Waals surface area contributed by atoms with E-state index in [1.165, 1.54) is 0 Å². The van der Waals surface area contributed by atoms with Crippen LogP contribution >= 0.6 is 11.8 Å². The van der Waals surface area contributed by atoms with Crippen molar-refractivity contribution in [2.75, 3.05) is 18.6 Å². The molecule has 1 fully saturated rings. The lowest BCUT2D eigenvalue weighted by molar-refractivity contribution is -0.150. The number of rotatable bonds is 7. The van der Waals surface area contributed by atoms with Crippen LogP contribution in [0.5, 0.6) is 0 Å². The van der Waals surface area contributed by atoms with E-state index in [4.69, 9.17) is 10.3 Å². The van der Waals surface area contributed by atoms with Crippen LogP contribution in [0, 0.1) is 0 Å². The summed E-state index contributed by atoms with van der Waals surface area (Å²) in [5, 5.41) is 14.2. The van der Waals surface area contributed by atoms with E-state index in [-0.39, 0.29) is 6.04 Å². The normalized spacial score (nSPS) is 21.4. The first kappa shape index (κ1) is 19.6. The zero-order valence-corrected chi connectivity index (χ0v) is 15.5. The van der Waals surface area contributed by atoms with E-state index < -0.39 is 23.8 Å². The molecule has 0 saturated carbocycles. The van der Waals surface area contributed by atoms with Crippen LogP contribution < -0.4 is 0 Å². The van der Waals surface area contributed by atoms with Crippen LogP contribution in [0.15, 0.2) is 35.4 Å². The van der Waals surface area contributed by atoms with Gasteiger partial charge in [0, 0.05) is 4.91 Å². The Morgan fingerprint density at radius 2 is 2.20 bits per heavy atom. The Labute approximate surface area is 152 Å². The van der Waals surface area contributed by atoms with Gasteiger partial charge in [-0.25, -0.2) is 0 Å². The zero-order chi connectivity index (χ0) is 18.4. The SMILES string of the molecule is CSCC[C@H]1COC(C)(C)N1C(=O)[C@H](N=[N+]=[N-])[C@H](O)c1ccccc1. The number of ether oxygens (including phenoxy) is 1. The predicted octanol–water partition coefficient (Wildman–Crippen LogP) is 3.12. The number of carbonyl (C=O) groups excluding carboxylic acids is 1. The van der Waals surface area contributed by atoms with Crippen LogP contribution in [0.25, 0.3) is 10.4 Å². The standard InChI is InChI=1S/C17H24N4O3S/c1-17(2)21(13(11-24-17)9-10-25-3)16(23)14(19-20-18)15(22)12-7-5-4-6-8-12/h4-8,13-15,22H,9-11H2,1-3H3/t13-,14+,15+/m0/s1. The minimum absolute atomic E-state index is 0.102. The van der Waals surface area contributed by atoms with E-state index in [1.807, 2.05) is 26.2 Å². The topological polar surface area (TPSA) is 98.5 Å². The molecule has 2 rings (SSSR count). The number of carbonyl (C=O) groups is 1. The van der Waals surface area contributed by atoms with Crippen LogP contribution in [-0.2, 0) is 9.53 Å². The Bertz CT molecular complexity index is 634. The molecule has 0 spiro atoms. The monoisotopic (exact) mass is 364 g/mol. The van der Waals surface area contributed by atoms with Crippen molar-refractivity contribution in [3.8, 4) is 0 Å². The highest BCUT2D eigenvalue weighted by atomic mass is 32.2. The lowest BCUT2D eigenvalue weighted by atomic mass is 10.00. The first-order chi connectivity index (χ1) is 11.9. The molecule has 1 N–H and O–H groups in total. The second-order valence-electron chi connectivity index (χ2n) is 6.41. The Morgan fingerprint density at radius 3 is 2.80 bits per heavy atom. The number of aliphatic hydroxyl groups excluding tert-OH is 1. The molecule has 25 heavy (non-hydrogen) atoms. The molecule has 0 unspecified atom stereocenters. The van der Waals surface area contributed by atoms with Crippen LogP contribution in [0.1, 0.15) is 31.9 Å². The molecule has 1 aromatic carbocycles. The van der Waals surface area contributed by atoms with Gasteiger partial charge in [0.2, 0.25) is 5.91 Å². The minimum atomic E-state index is -1.23. The molecule has 7 nitrogen and oxygen atoms in total. The van der Waals surface area contributed by atoms with Gasteiger partial charge in [-0.3, -0.25) is 4.79 Å². The summed E-state index contributed by atoms with van der Waals surface area (Å²) in [7, 11) is 0. The molecule has 0 radical (unpaired) electrons. The quantitative estimate of drug-likeness (QED) is 0.456.